The molecule has 2 rings (SSSR count). The number of benzene rings is 2. The minimum Gasteiger partial charge on any atom is -0.376 e. The van der Waals surface area contributed by atoms with E-state index in [0.717, 1.165) is 5.56 Å². The Morgan fingerprint density at radius 1 is 1.20 bits per heavy atom. The second kappa shape index (κ2) is 6.16. The first-order chi connectivity index (χ1) is 9.63. The summed E-state index contributed by atoms with van der Waals surface area (Å²) in [6.07, 6.45) is 0.683. The van der Waals surface area contributed by atoms with E-state index in [1.165, 1.54) is 24.3 Å². The van der Waals surface area contributed by atoms with E-state index in [1.54, 1.807) is 18.2 Å². The van der Waals surface area contributed by atoms with Crippen LogP contribution in [0.4, 0.5) is 14.5 Å². The smallest absolute Gasteiger partial charge is 0.147 e. The molecule has 1 N–H and O–H groups in total. The molecule has 0 saturated carbocycles. The van der Waals surface area contributed by atoms with Crippen LogP contribution in [0.25, 0.3) is 0 Å². The van der Waals surface area contributed by atoms with Crippen molar-refractivity contribution >= 4 is 5.69 Å². The number of hydrogen-bond acceptors (Lipinski definition) is 2. The van der Waals surface area contributed by atoms with Crippen LogP contribution in [-0.2, 0) is 0 Å². The summed E-state index contributed by atoms with van der Waals surface area (Å²) in [7, 11) is 0. The quantitative estimate of drug-likeness (QED) is 0.895. The molecule has 0 aromatic heterocycles. The van der Waals surface area contributed by atoms with Gasteiger partial charge in [-0.25, -0.2) is 8.78 Å². The van der Waals surface area contributed by atoms with Gasteiger partial charge in [-0.2, -0.15) is 5.26 Å². The van der Waals surface area contributed by atoms with Crippen LogP contribution in [0.5, 0.6) is 0 Å². The van der Waals surface area contributed by atoms with Gasteiger partial charge in [0, 0.05) is 0 Å². The minimum atomic E-state index is -0.487. The van der Waals surface area contributed by atoms with Gasteiger partial charge in [0.2, 0.25) is 0 Å². The van der Waals surface area contributed by atoms with Gasteiger partial charge in [-0.1, -0.05) is 19.1 Å². The average molecular weight is 272 g/mol. The van der Waals surface area contributed by atoms with Crippen LogP contribution in [0.3, 0.4) is 0 Å². The van der Waals surface area contributed by atoms with E-state index in [2.05, 4.69) is 5.32 Å². The molecule has 4 heteroatoms. The first-order valence-electron chi connectivity index (χ1n) is 6.35. The molecule has 0 saturated heterocycles. The molecule has 1 unspecified atom stereocenters. The maximum Gasteiger partial charge on any atom is 0.147 e. The lowest BCUT2D eigenvalue weighted by Crippen LogP contribution is -2.11. The highest BCUT2D eigenvalue weighted by atomic mass is 19.1. The van der Waals surface area contributed by atoms with E-state index in [1.807, 2.05) is 13.0 Å². The second-order valence-electron chi connectivity index (χ2n) is 4.47. The molecule has 102 valence electrons. The number of rotatable bonds is 4. The number of hydrogen-bond donors (Lipinski definition) is 1. The predicted octanol–water partition coefficient (Wildman–Crippen LogP) is 4.40. The van der Waals surface area contributed by atoms with Crippen LogP contribution in [0, 0.1) is 23.0 Å². The Labute approximate surface area is 116 Å². The number of nitrogens with one attached hydrogen (secondary N) is 1. The Kier molecular flexibility index (Phi) is 4.31. The van der Waals surface area contributed by atoms with Crippen molar-refractivity contribution in [2.45, 2.75) is 19.4 Å². The molecule has 0 amide bonds. The van der Waals surface area contributed by atoms with E-state index in [-0.39, 0.29) is 17.4 Å². The zero-order valence-electron chi connectivity index (χ0n) is 11.0. The minimum absolute atomic E-state index is 0.187. The van der Waals surface area contributed by atoms with Gasteiger partial charge in [0.15, 0.2) is 0 Å². The van der Waals surface area contributed by atoms with Crippen molar-refractivity contribution < 1.29 is 8.78 Å². The number of nitriles is 1. The Morgan fingerprint density at radius 2 is 2.00 bits per heavy atom. The van der Waals surface area contributed by atoms with Crippen molar-refractivity contribution in [1.82, 2.24) is 0 Å². The molecule has 20 heavy (non-hydrogen) atoms. The molecule has 2 aromatic rings. The number of anilines is 1. The Morgan fingerprint density at radius 3 is 2.60 bits per heavy atom. The van der Waals surface area contributed by atoms with Gasteiger partial charge in [-0.3, -0.25) is 0 Å². The third-order valence-electron chi connectivity index (χ3n) is 3.09. The van der Waals surface area contributed by atoms with Crippen molar-refractivity contribution in [2.75, 3.05) is 5.32 Å². The first kappa shape index (κ1) is 14.0. The monoisotopic (exact) mass is 272 g/mol. The van der Waals surface area contributed by atoms with Crippen LogP contribution < -0.4 is 5.32 Å². The highest BCUT2D eigenvalue weighted by Gasteiger charge is 2.12. The zero-order chi connectivity index (χ0) is 14.5. The maximum absolute atomic E-state index is 13.8. The van der Waals surface area contributed by atoms with Gasteiger partial charge in [0.1, 0.15) is 11.6 Å². The summed E-state index contributed by atoms with van der Waals surface area (Å²) < 4.78 is 27.1. The molecule has 0 bridgehead atoms. The van der Waals surface area contributed by atoms with E-state index in [0.29, 0.717) is 12.1 Å². The van der Waals surface area contributed by atoms with Crippen molar-refractivity contribution in [2.24, 2.45) is 0 Å². The second-order valence-corrected chi connectivity index (χ2v) is 4.47. The van der Waals surface area contributed by atoms with Crippen LogP contribution >= 0.6 is 0 Å². The number of halogens is 2. The Bertz CT molecular complexity index is 647. The van der Waals surface area contributed by atoms with E-state index in [4.69, 9.17) is 5.26 Å². The predicted molar refractivity (Wildman–Crippen MR) is 74.2 cm³/mol. The van der Waals surface area contributed by atoms with Crippen LogP contribution in [0.1, 0.15) is 30.5 Å². The Balaban J connectivity index is 2.25. The molecule has 2 aromatic carbocycles. The fourth-order valence-corrected chi connectivity index (χ4v) is 2.03. The summed E-state index contributed by atoms with van der Waals surface area (Å²) in [6, 6.07) is 12.2. The van der Waals surface area contributed by atoms with Crippen LogP contribution in [0.2, 0.25) is 0 Å². The molecule has 0 aliphatic carbocycles. The van der Waals surface area contributed by atoms with Crippen molar-refractivity contribution in [3.8, 4) is 6.07 Å². The highest BCUT2D eigenvalue weighted by Crippen LogP contribution is 2.25. The molecular weight excluding hydrogens is 258 g/mol. The maximum atomic E-state index is 13.8. The third-order valence-corrected chi connectivity index (χ3v) is 3.09. The van der Waals surface area contributed by atoms with Gasteiger partial charge in [-0.15, -0.1) is 0 Å². The van der Waals surface area contributed by atoms with Crippen LogP contribution in [-0.4, -0.2) is 0 Å². The topological polar surface area (TPSA) is 35.8 Å². The average Bonchev–Trinajstić information content (AvgIpc) is 2.46. The molecule has 0 aliphatic heterocycles. The lowest BCUT2D eigenvalue weighted by molar-refractivity contribution is 0.615. The lowest BCUT2D eigenvalue weighted by atomic mass is 10.0. The van der Waals surface area contributed by atoms with Crippen LogP contribution in [0.15, 0.2) is 42.5 Å². The molecular formula is C16H14F2N2. The normalized spacial score (nSPS) is 11.7. The zero-order valence-corrected chi connectivity index (χ0v) is 11.0. The largest absolute Gasteiger partial charge is 0.376 e. The molecule has 1 atom stereocenters. The molecule has 0 aliphatic rings. The first-order valence-corrected chi connectivity index (χ1v) is 6.35. The summed E-state index contributed by atoms with van der Waals surface area (Å²) in [4.78, 5) is 0. The van der Waals surface area contributed by atoms with Crippen molar-refractivity contribution in [1.29, 1.82) is 5.26 Å². The molecule has 0 spiro atoms. The van der Waals surface area contributed by atoms with Gasteiger partial charge in [0.25, 0.3) is 0 Å². The summed E-state index contributed by atoms with van der Waals surface area (Å²) in [5.74, 6) is -0.804. The molecule has 2 nitrogen and oxygen atoms in total. The molecule has 0 radical (unpaired) electrons. The number of nitrogens with zero attached hydrogens (tertiary/aromatic N) is 1. The molecule has 0 heterocycles. The van der Waals surface area contributed by atoms with Gasteiger partial charge in [-0.05, 0) is 42.3 Å². The fourth-order valence-electron chi connectivity index (χ4n) is 2.03. The van der Waals surface area contributed by atoms with E-state index in [9.17, 15) is 8.78 Å². The lowest BCUT2D eigenvalue weighted by Gasteiger charge is -2.19. The summed E-state index contributed by atoms with van der Waals surface area (Å²) >= 11 is 0. The van der Waals surface area contributed by atoms with E-state index >= 15 is 0 Å². The van der Waals surface area contributed by atoms with E-state index < -0.39 is 5.82 Å². The van der Waals surface area contributed by atoms with Gasteiger partial charge < -0.3 is 5.32 Å². The van der Waals surface area contributed by atoms with Gasteiger partial charge in [0.05, 0.1) is 23.4 Å². The SMILES string of the molecule is CCC(Nc1ccc(C#N)cc1F)c1cccc(F)c1. The molecule has 0 fully saturated rings. The summed E-state index contributed by atoms with van der Waals surface area (Å²) in [5.41, 5.74) is 1.34. The fraction of sp³-hybridized carbons (Fsp3) is 0.188. The summed E-state index contributed by atoms with van der Waals surface area (Å²) in [6.45, 7) is 1.93. The summed E-state index contributed by atoms with van der Waals surface area (Å²) in [5, 5.41) is 11.8. The Hall–Kier alpha value is -2.41. The highest BCUT2D eigenvalue weighted by molar-refractivity contribution is 5.50. The van der Waals surface area contributed by atoms with Crippen molar-refractivity contribution in [3.05, 3.63) is 65.2 Å². The standard InChI is InChI=1S/C16H14F2N2/c1-2-15(12-4-3-5-13(17)9-12)20-16-7-6-11(10-19)8-14(16)18/h3-9,15,20H,2H2,1H3. The third kappa shape index (κ3) is 3.12. The van der Waals surface area contributed by atoms with Crippen molar-refractivity contribution in [3.63, 3.8) is 0 Å². The van der Waals surface area contributed by atoms with Gasteiger partial charge >= 0.3 is 0 Å².